The van der Waals surface area contributed by atoms with Crippen molar-refractivity contribution in [2.45, 2.75) is 26.3 Å². The van der Waals surface area contributed by atoms with Crippen molar-refractivity contribution in [2.75, 3.05) is 26.0 Å². The number of methoxy groups -OCH3 is 1. The van der Waals surface area contributed by atoms with E-state index in [1.165, 1.54) is 5.56 Å². The number of hydrogen-bond acceptors (Lipinski definition) is 2. The van der Waals surface area contributed by atoms with Gasteiger partial charge in [0.25, 0.3) is 5.91 Å². The maximum Gasteiger partial charge on any atom is 0.279 e. The maximum absolute atomic E-state index is 12.2. The van der Waals surface area contributed by atoms with Crippen molar-refractivity contribution in [1.82, 2.24) is 0 Å². The first-order chi connectivity index (χ1) is 11.5. The Morgan fingerprint density at radius 3 is 2.50 bits per heavy atom. The van der Waals surface area contributed by atoms with Crippen LogP contribution in [-0.2, 0) is 11.3 Å². The van der Waals surface area contributed by atoms with Gasteiger partial charge in [0.05, 0.1) is 14.2 Å². The fourth-order valence-electron chi connectivity index (χ4n) is 2.62. The van der Waals surface area contributed by atoms with E-state index in [1.54, 1.807) is 7.11 Å². The average molecular weight is 327 g/mol. The summed E-state index contributed by atoms with van der Waals surface area (Å²) in [6.45, 7) is 5.51. The number of carbonyl (C=O) groups excluding carboxylic acids is 1. The minimum Gasteiger partial charge on any atom is -0.497 e. The van der Waals surface area contributed by atoms with Crippen LogP contribution in [0.3, 0.4) is 0 Å². The highest BCUT2D eigenvalue weighted by Gasteiger charge is 2.11. The summed E-state index contributed by atoms with van der Waals surface area (Å²) in [6, 6.07) is 16.0. The number of anilines is 1. The van der Waals surface area contributed by atoms with Crippen LogP contribution in [0.15, 0.2) is 48.5 Å². The summed E-state index contributed by atoms with van der Waals surface area (Å²) in [5.74, 6) is 1.36. The van der Waals surface area contributed by atoms with E-state index in [0.717, 1.165) is 28.4 Å². The summed E-state index contributed by atoms with van der Waals surface area (Å²) < 4.78 is 5.23. The number of amides is 1. The molecule has 0 radical (unpaired) electrons. The van der Waals surface area contributed by atoms with E-state index in [2.05, 4.69) is 37.4 Å². The highest BCUT2D eigenvalue weighted by Crippen LogP contribution is 2.17. The number of quaternary nitrogens is 1. The van der Waals surface area contributed by atoms with Gasteiger partial charge in [0.1, 0.15) is 12.3 Å². The molecule has 0 aliphatic rings. The molecule has 0 saturated heterocycles. The molecular formula is C20H27N2O2+. The van der Waals surface area contributed by atoms with E-state index in [0.29, 0.717) is 12.5 Å². The van der Waals surface area contributed by atoms with Gasteiger partial charge in [-0.05, 0) is 35.7 Å². The van der Waals surface area contributed by atoms with Gasteiger partial charge in [-0.25, -0.2) is 0 Å². The highest BCUT2D eigenvalue weighted by molar-refractivity contribution is 5.91. The third kappa shape index (κ3) is 5.39. The Kier molecular flexibility index (Phi) is 6.38. The topological polar surface area (TPSA) is 42.8 Å². The number of carbonyl (C=O) groups is 1. The van der Waals surface area contributed by atoms with Crippen LogP contribution in [0.1, 0.15) is 30.9 Å². The summed E-state index contributed by atoms with van der Waals surface area (Å²) in [7, 11) is 3.68. The number of ether oxygens (including phenoxy) is 1. The minimum absolute atomic E-state index is 0.0210. The lowest BCUT2D eigenvalue weighted by molar-refractivity contribution is -0.885. The van der Waals surface area contributed by atoms with Crippen LogP contribution >= 0.6 is 0 Å². The smallest absolute Gasteiger partial charge is 0.279 e. The molecule has 128 valence electrons. The SMILES string of the molecule is COc1cccc(C[NH+](C)CC(=O)Nc2ccc(C(C)C)cc2)c1. The van der Waals surface area contributed by atoms with E-state index in [-0.39, 0.29) is 5.91 Å². The third-order valence-electron chi connectivity index (χ3n) is 3.96. The average Bonchev–Trinajstić information content (AvgIpc) is 2.55. The highest BCUT2D eigenvalue weighted by atomic mass is 16.5. The zero-order valence-electron chi connectivity index (χ0n) is 14.9. The molecular weight excluding hydrogens is 300 g/mol. The monoisotopic (exact) mass is 327 g/mol. The minimum atomic E-state index is 0.0210. The van der Waals surface area contributed by atoms with Gasteiger partial charge >= 0.3 is 0 Å². The van der Waals surface area contributed by atoms with Crippen molar-refractivity contribution in [1.29, 1.82) is 0 Å². The van der Waals surface area contributed by atoms with Crippen molar-refractivity contribution in [3.8, 4) is 5.75 Å². The van der Waals surface area contributed by atoms with Crippen molar-refractivity contribution in [3.63, 3.8) is 0 Å². The summed E-state index contributed by atoms with van der Waals surface area (Å²) in [4.78, 5) is 13.3. The quantitative estimate of drug-likeness (QED) is 0.820. The zero-order chi connectivity index (χ0) is 17.5. The number of benzene rings is 2. The second kappa shape index (κ2) is 8.50. The normalized spacial score (nSPS) is 12.0. The van der Waals surface area contributed by atoms with Crippen molar-refractivity contribution >= 4 is 11.6 Å². The summed E-state index contributed by atoms with van der Waals surface area (Å²) >= 11 is 0. The third-order valence-corrected chi connectivity index (χ3v) is 3.96. The Morgan fingerprint density at radius 2 is 1.88 bits per heavy atom. The van der Waals surface area contributed by atoms with Crippen LogP contribution in [0.25, 0.3) is 0 Å². The molecule has 4 nitrogen and oxygen atoms in total. The first-order valence-electron chi connectivity index (χ1n) is 8.32. The number of likely N-dealkylation sites (N-methyl/N-ethyl adjacent to an activating group) is 1. The molecule has 1 amide bonds. The van der Waals surface area contributed by atoms with Crippen LogP contribution in [0.4, 0.5) is 5.69 Å². The molecule has 2 aromatic carbocycles. The van der Waals surface area contributed by atoms with E-state index < -0.39 is 0 Å². The van der Waals surface area contributed by atoms with Gasteiger partial charge in [-0.15, -0.1) is 0 Å². The lowest BCUT2D eigenvalue weighted by Crippen LogP contribution is -3.08. The molecule has 4 heteroatoms. The fraction of sp³-hybridized carbons (Fsp3) is 0.350. The van der Waals surface area contributed by atoms with E-state index in [4.69, 9.17) is 4.74 Å². The van der Waals surface area contributed by atoms with E-state index >= 15 is 0 Å². The molecule has 24 heavy (non-hydrogen) atoms. The van der Waals surface area contributed by atoms with E-state index in [9.17, 15) is 4.79 Å². The zero-order valence-corrected chi connectivity index (χ0v) is 14.9. The second-order valence-corrected chi connectivity index (χ2v) is 6.49. The largest absolute Gasteiger partial charge is 0.497 e. The molecule has 1 atom stereocenters. The van der Waals surface area contributed by atoms with Crippen LogP contribution in [-0.4, -0.2) is 26.6 Å². The van der Waals surface area contributed by atoms with Gasteiger partial charge in [0.2, 0.25) is 0 Å². The molecule has 2 aromatic rings. The van der Waals surface area contributed by atoms with Crippen LogP contribution < -0.4 is 15.0 Å². The molecule has 0 heterocycles. The lowest BCUT2D eigenvalue weighted by Gasteiger charge is -2.14. The second-order valence-electron chi connectivity index (χ2n) is 6.49. The predicted molar refractivity (Wildman–Crippen MR) is 97.6 cm³/mol. The molecule has 2 N–H and O–H groups in total. The Hall–Kier alpha value is -2.33. The van der Waals surface area contributed by atoms with Gasteiger partial charge in [-0.3, -0.25) is 4.79 Å². The molecule has 0 aliphatic carbocycles. The Labute approximate surface area is 144 Å². The lowest BCUT2D eigenvalue weighted by atomic mass is 10.0. The first kappa shape index (κ1) is 18.0. The Bertz CT molecular complexity index is 666. The van der Waals surface area contributed by atoms with Gasteiger partial charge in [-0.2, -0.15) is 0 Å². The van der Waals surface area contributed by atoms with Gasteiger partial charge < -0.3 is 15.0 Å². The molecule has 0 spiro atoms. The van der Waals surface area contributed by atoms with Gasteiger partial charge in [0.15, 0.2) is 6.54 Å². The van der Waals surface area contributed by atoms with Crippen LogP contribution in [0, 0.1) is 0 Å². The molecule has 2 rings (SSSR count). The Balaban J connectivity index is 1.86. The van der Waals surface area contributed by atoms with Crippen molar-refractivity contribution in [3.05, 3.63) is 59.7 Å². The standard InChI is InChI=1S/C20H26N2O2/c1-15(2)17-8-10-18(11-9-17)21-20(23)14-22(3)13-16-6-5-7-19(12-16)24-4/h5-12,15H,13-14H2,1-4H3,(H,21,23)/p+1. The van der Waals surface area contributed by atoms with Gasteiger partial charge in [-0.1, -0.05) is 38.1 Å². The van der Waals surface area contributed by atoms with Gasteiger partial charge in [0, 0.05) is 11.3 Å². The number of nitrogens with one attached hydrogen (secondary N) is 2. The first-order valence-corrected chi connectivity index (χ1v) is 8.32. The van der Waals surface area contributed by atoms with Crippen LogP contribution in [0.5, 0.6) is 5.75 Å². The fourth-order valence-corrected chi connectivity index (χ4v) is 2.62. The molecule has 0 aromatic heterocycles. The molecule has 0 fully saturated rings. The van der Waals surface area contributed by atoms with Crippen molar-refractivity contribution < 1.29 is 14.4 Å². The summed E-state index contributed by atoms with van der Waals surface area (Å²) in [5.41, 5.74) is 3.27. The van der Waals surface area contributed by atoms with E-state index in [1.807, 2.05) is 37.4 Å². The number of hydrogen-bond donors (Lipinski definition) is 2. The Morgan fingerprint density at radius 1 is 1.17 bits per heavy atom. The maximum atomic E-state index is 12.2. The predicted octanol–water partition coefficient (Wildman–Crippen LogP) is 2.47. The van der Waals surface area contributed by atoms with Crippen LogP contribution in [0.2, 0.25) is 0 Å². The number of rotatable bonds is 7. The molecule has 0 bridgehead atoms. The van der Waals surface area contributed by atoms with Crippen molar-refractivity contribution in [2.24, 2.45) is 0 Å². The summed E-state index contributed by atoms with van der Waals surface area (Å²) in [6.07, 6.45) is 0. The molecule has 0 aliphatic heterocycles. The molecule has 1 unspecified atom stereocenters. The molecule has 0 saturated carbocycles. The summed E-state index contributed by atoms with van der Waals surface area (Å²) in [5, 5.41) is 2.96.